The van der Waals surface area contributed by atoms with Gasteiger partial charge in [-0.3, -0.25) is 0 Å². The van der Waals surface area contributed by atoms with E-state index in [0.717, 1.165) is 5.56 Å². The van der Waals surface area contributed by atoms with Crippen LogP contribution in [0.3, 0.4) is 0 Å². The van der Waals surface area contributed by atoms with Crippen LogP contribution in [0.4, 0.5) is 11.4 Å². The molecule has 7 heteroatoms. The van der Waals surface area contributed by atoms with Gasteiger partial charge in [0.2, 0.25) is 0 Å². The lowest BCUT2D eigenvalue weighted by Gasteiger charge is -2.19. The molecule has 0 aliphatic rings. The zero-order valence-corrected chi connectivity index (χ0v) is 13.5. The summed E-state index contributed by atoms with van der Waals surface area (Å²) in [6.07, 6.45) is 0.0104. The van der Waals surface area contributed by atoms with Crippen molar-refractivity contribution in [3.8, 4) is 5.75 Å². The number of hydrogen-bond donors (Lipinski definition) is 6. The van der Waals surface area contributed by atoms with Crippen LogP contribution in [0, 0.1) is 0 Å². The third-order valence-electron chi connectivity index (χ3n) is 3.73. The van der Waals surface area contributed by atoms with E-state index in [2.05, 4.69) is 0 Å². The Morgan fingerprint density at radius 1 is 1.04 bits per heavy atom. The molecule has 0 bridgehead atoms. The summed E-state index contributed by atoms with van der Waals surface area (Å²) in [5.41, 5.74) is 14.7. The quantitative estimate of drug-likeness (QED) is 0.327. The first kappa shape index (κ1) is 19.5. The van der Waals surface area contributed by atoms with Crippen molar-refractivity contribution in [2.75, 3.05) is 31.3 Å². The predicted molar refractivity (Wildman–Crippen MR) is 89.3 cm³/mol. The SMILES string of the molecule is CCOc1c(N)c(CCC(O)CO)cc(N)c1CCC(O)CO. The first-order valence-corrected chi connectivity index (χ1v) is 7.84. The van der Waals surface area contributed by atoms with Gasteiger partial charge in [0, 0.05) is 11.3 Å². The molecule has 2 atom stereocenters. The van der Waals surface area contributed by atoms with Crippen molar-refractivity contribution >= 4 is 11.4 Å². The molecule has 0 aliphatic carbocycles. The Morgan fingerprint density at radius 2 is 1.61 bits per heavy atom. The number of hydrogen-bond acceptors (Lipinski definition) is 7. The summed E-state index contributed by atoms with van der Waals surface area (Å²) in [5.74, 6) is 0.492. The zero-order chi connectivity index (χ0) is 17.4. The first-order chi connectivity index (χ1) is 10.9. The maximum Gasteiger partial charge on any atom is 0.147 e. The highest BCUT2D eigenvalue weighted by Crippen LogP contribution is 2.36. The molecule has 7 nitrogen and oxygen atoms in total. The number of rotatable bonds is 10. The minimum absolute atomic E-state index is 0.301. The number of nitrogen functional groups attached to an aromatic ring is 2. The molecule has 0 spiro atoms. The molecule has 8 N–H and O–H groups in total. The zero-order valence-electron chi connectivity index (χ0n) is 13.5. The smallest absolute Gasteiger partial charge is 0.147 e. The van der Waals surface area contributed by atoms with Gasteiger partial charge in [0.25, 0.3) is 0 Å². The van der Waals surface area contributed by atoms with Crippen molar-refractivity contribution < 1.29 is 25.2 Å². The highest BCUT2D eigenvalue weighted by atomic mass is 16.5. The number of aliphatic hydroxyl groups excluding tert-OH is 4. The van der Waals surface area contributed by atoms with Crippen LogP contribution in [0.2, 0.25) is 0 Å². The van der Waals surface area contributed by atoms with Gasteiger partial charge in [-0.2, -0.15) is 0 Å². The molecule has 1 aromatic carbocycles. The molecule has 2 unspecified atom stereocenters. The number of benzene rings is 1. The van der Waals surface area contributed by atoms with Gasteiger partial charge in [-0.05, 0) is 44.2 Å². The van der Waals surface area contributed by atoms with Crippen LogP contribution in [0.15, 0.2) is 6.07 Å². The molecule has 1 aromatic rings. The average Bonchev–Trinajstić information content (AvgIpc) is 2.55. The number of ether oxygens (including phenoxy) is 1. The Balaban J connectivity index is 3.04. The van der Waals surface area contributed by atoms with Crippen LogP contribution in [-0.4, -0.2) is 52.5 Å². The lowest BCUT2D eigenvalue weighted by molar-refractivity contribution is 0.0883. The van der Waals surface area contributed by atoms with Crippen LogP contribution >= 0.6 is 0 Å². The van der Waals surface area contributed by atoms with Crippen LogP contribution in [0.1, 0.15) is 30.9 Å². The van der Waals surface area contributed by atoms with E-state index in [0.29, 0.717) is 55.0 Å². The predicted octanol–water partition coefficient (Wildman–Crippen LogP) is -0.179. The molecular formula is C16H28N2O5. The Hall–Kier alpha value is -1.54. The van der Waals surface area contributed by atoms with E-state index >= 15 is 0 Å². The normalized spacial score (nSPS) is 13.8. The van der Waals surface area contributed by atoms with Gasteiger partial charge in [0.15, 0.2) is 0 Å². The molecule has 0 amide bonds. The molecule has 132 valence electrons. The standard InChI is InChI=1S/C16H28N2O5/c1-2-23-16-13(6-5-12(22)9-20)14(17)7-10(15(16)18)3-4-11(21)8-19/h7,11-12,19-22H,2-6,8-9,17-18H2,1H3. The second-order valence-corrected chi connectivity index (χ2v) is 5.53. The third-order valence-corrected chi connectivity index (χ3v) is 3.73. The summed E-state index contributed by atoms with van der Waals surface area (Å²) < 4.78 is 5.63. The summed E-state index contributed by atoms with van der Waals surface area (Å²) in [4.78, 5) is 0. The Morgan fingerprint density at radius 3 is 2.13 bits per heavy atom. The number of nitrogens with two attached hydrogens (primary N) is 2. The lowest BCUT2D eigenvalue weighted by Crippen LogP contribution is -2.16. The van der Waals surface area contributed by atoms with E-state index in [1.54, 1.807) is 6.07 Å². The van der Waals surface area contributed by atoms with E-state index < -0.39 is 12.2 Å². The van der Waals surface area contributed by atoms with Gasteiger partial charge >= 0.3 is 0 Å². The van der Waals surface area contributed by atoms with Gasteiger partial charge in [0.05, 0.1) is 37.7 Å². The van der Waals surface area contributed by atoms with Crippen LogP contribution in [-0.2, 0) is 12.8 Å². The molecular weight excluding hydrogens is 300 g/mol. The Kier molecular flexibility index (Phi) is 8.11. The second-order valence-electron chi connectivity index (χ2n) is 5.53. The molecule has 0 aliphatic heterocycles. The largest absolute Gasteiger partial charge is 0.491 e. The fourth-order valence-corrected chi connectivity index (χ4v) is 2.38. The fraction of sp³-hybridized carbons (Fsp3) is 0.625. The summed E-state index contributed by atoms with van der Waals surface area (Å²) in [7, 11) is 0. The second kappa shape index (κ2) is 9.57. The Bertz CT molecular complexity index is 496. The molecule has 1 rings (SSSR count). The number of aliphatic hydroxyl groups is 4. The first-order valence-electron chi connectivity index (χ1n) is 7.84. The van der Waals surface area contributed by atoms with E-state index in [1.807, 2.05) is 6.92 Å². The molecule has 0 aromatic heterocycles. The van der Waals surface area contributed by atoms with Gasteiger partial charge in [0.1, 0.15) is 5.75 Å². The van der Waals surface area contributed by atoms with Crippen LogP contribution in [0.5, 0.6) is 5.75 Å². The van der Waals surface area contributed by atoms with Crippen LogP contribution < -0.4 is 16.2 Å². The van der Waals surface area contributed by atoms with Gasteiger partial charge < -0.3 is 36.6 Å². The van der Waals surface area contributed by atoms with Crippen molar-refractivity contribution in [2.24, 2.45) is 0 Å². The third kappa shape index (κ3) is 5.54. The maximum absolute atomic E-state index is 9.51. The highest BCUT2D eigenvalue weighted by Gasteiger charge is 2.18. The van der Waals surface area contributed by atoms with Crippen molar-refractivity contribution in [3.63, 3.8) is 0 Å². The van der Waals surface area contributed by atoms with E-state index in [9.17, 15) is 10.2 Å². The van der Waals surface area contributed by atoms with Gasteiger partial charge in [-0.1, -0.05) is 0 Å². The molecule has 0 saturated heterocycles. The average molecular weight is 328 g/mol. The topological polar surface area (TPSA) is 142 Å². The van der Waals surface area contributed by atoms with Crippen molar-refractivity contribution in [1.29, 1.82) is 0 Å². The molecule has 0 heterocycles. The van der Waals surface area contributed by atoms with Crippen LogP contribution in [0.25, 0.3) is 0 Å². The summed E-state index contributed by atoms with van der Waals surface area (Å²) in [6.45, 7) is 1.65. The van der Waals surface area contributed by atoms with Crippen molar-refractivity contribution in [1.82, 2.24) is 0 Å². The number of aryl methyl sites for hydroxylation is 1. The number of anilines is 2. The van der Waals surface area contributed by atoms with Crippen molar-refractivity contribution in [3.05, 3.63) is 17.2 Å². The monoisotopic (exact) mass is 328 g/mol. The minimum Gasteiger partial charge on any atom is -0.491 e. The van der Waals surface area contributed by atoms with Gasteiger partial charge in [-0.15, -0.1) is 0 Å². The highest BCUT2D eigenvalue weighted by molar-refractivity contribution is 5.70. The fourth-order valence-electron chi connectivity index (χ4n) is 2.38. The molecule has 0 saturated carbocycles. The maximum atomic E-state index is 9.51. The van der Waals surface area contributed by atoms with E-state index in [-0.39, 0.29) is 13.2 Å². The van der Waals surface area contributed by atoms with E-state index in [1.165, 1.54) is 0 Å². The van der Waals surface area contributed by atoms with Gasteiger partial charge in [-0.25, -0.2) is 0 Å². The Labute approximate surface area is 136 Å². The summed E-state index contributed by atoms with van der Waals surface area (Å²) >= 11 is 0. The van der Waals surface area contributed by atoms with E-state index in [4.69, 9.17) is 26.4 Å². The minimum atomic E-state index is -0.815. The summed E-state index contributed by atoms with van der Waals surface area (Å²) in [6, 6.07) is 1.74. The molecule has 0 radical (unpaired) electrons. The molecule has 23 heavy (non-hydrogen) atoms. The lowest BCUT2D eigenvalue weighted by atomic mass is 9.97. The molecule has 0 fully saturated rings. The van der Waals surface area contributed by atoms with Crippen molar-refractivity contribution in [2.45, 2.75) is 44.8 Å². The summed E-state index contributed by atoms with van der Waals surface area (Å²) in [5, 5.41) is 36.8.